The quantitative estimate of drug-likeness (QED) is 0.858. The van der Waals surface area contributed by atoms with E-state index in [0.717, 1.165) is 15.4 Å². The maximum absolute atomic E-state index is 11.5. The molecule has 0 radical (unpaired) electrons. The maximum Gasteiger partial charge on any atom is 0.354 e. The summed E-state index contributed by atoms with van der Waals surface area (Å²) in [6, 6.07) is 5.38. The van der Waals surface area contributed by atoms with Gasteiger partial charge in [-0.25, -0.2) is 4.79 Å². The molecular formula is C11H9BrClNO2. The Morgan fingerprint density at radius 1 is 1.56 bits per heavy atom. The zero-order chi connectivity index (χ0) is 11.7. The van der Waals surface area contributed by atoms with Crippen LogP contribution in [0.2, 0.25) is 5.02 Å². The number of fused-ring (bicyclic) bond motifs is 1. The topological polar surface area (TPSA) is 42.1 Å². The minimum absolute atomic E-state index is 0.353. The summed E-state index contributed by atoms with van der Waals surface area (Å²) in [6.07, 6.45) is 0. The molecule has 1 aromatic heterocycles. The largest absolute Gasteiger partial charge is 0.461 e. The lowest BCUT2D eigenvalue weighted by Crippen LogP contribution is -2.04. The van der Waals surface area contributed by atoms with Crippen molar-refractivity contribution >= 4 is 44.4 Å². The van der Waals surface area contributed by atoms with Crippen molar-refractivity contribution in [3.05, 3.63) is 33.4 Å². The summed E-state index contributed by atoms with van der Waals surface area (Å²) >= 11 is 9.43. The number of ether oxygens (including phenoxy) is 1. The average molecular weight is 303 g/mol. The van der Waals surface area contributed by atoms with E-state index in [-0.39, 0.29) is 5.97 Å². The normalized spacial score (nSPS) is 10.7. The molecule has 2 aromatic rings. The van der Waals surface area contributed by atoms with Gasteiger partial charge in [0.05, 0.1) is 11.6 Å². The van der Waals surface area contributed by atoms with Gasteiger partial charge in [-0.15, -0.1) is 0 Å². The number of halogens is 2. The number of hydrogen-bond donors (Lipinski definition) is 1. The van der Waals surface area contributed by atoms with Crippen LogP contribution in [0.1, 0.15) is 17.4 Å². The van der Waals surface area contributed by atoms with Crippen molar-refractivity contribution in [2.45, 2.75) is 6.92 Å². The fourth-order valence-electron chi connectivity index (χ4n) is 1.46. The van der Waals surface area contributed by atoms with Crippen LogP contribution in [0, 0.1) is 0 Å². The molecule has 1 N–H and O–H groups in total. The molecule has 0 fully saturated rings. The molecule has 3 nitrogen and oxygen atoms in total. The summed E-state index contributed by atoms with van der Waals surface area (Å²) in [4.78, 5) is 14.5. The molecule has 84 valence electrons. The van der Waals surface area contributed by atoms with E-state index in [1.807, 2.05) is 12.1 Å². The highest BCUT2D eigenvalue weighted by molar-refractivity contribution is 9.10. The molecule has 0 aliphatic carbocycles. The zero-order valence-electron chi connectivity index (χ0n) is 8.51. The van der Waals surface area contributed by atoms with Crippen molar-refractivity contribution in [3.63, 3.8) is 0 Å². The van der Waals surface area contributed by atoms with E-state index in [1.165, 1.54) is 0 Å². The lowest BCUT2D eigenvalue weighted by atomic mass is 10.2. The lowest BCUT2D eigenvalue weighted by Gasteiger charge is -1.96. The van der Waals surface area contributed by atoms with Crippen molar-refractivity contribution in [1.29, 1.82) is 0 Å². The SMILES string of the molecule is CCOC(=O)c1cc2c(Cl)c(Br)ccc2[nH]1. The van der Waals surface area contributed by atoms with Gasteiger partial charge >= 0.3 is 5.97 Å². The van der Waals surface area contributed by atoms with E-state index in [9.17, 15) is 4.79 Å². The van der Waals surface area contributed by atoms with Gasteiger partial charge in [-0.1, -0.05) is 11.6 Å². The molecule has 0 spiro atoms. The first kappa shape index (κ1) is 11.5. The Hall–Kier alpha value is -1.00. The van der Waals surface area contributed by atoms with Crippen LogP contribution in [-0.4, -0.2) is 17.6 Å². The predicted molar refractivity (Wildman–Crippen MR) is 67.0 cm³/mol. The Bertz CT molecular complexity index is 550. The molecule has 2 rings (SSSR count). The third kappa shape index (κ3) is 1.95. The van der Waals surface area contributed by atoms with Crippen molar-refractivity contribution in [2.24, 2.45) is 0 Å². The lowest BCUT2D eigenvalue weighted by molar-refractivity contribution is 0.0520. The van der Waals surface area contributed by atoms with E-state index in [1.54, 1.807) is 13.0 Å². The minimum Gasteiger partial charge on any atom is -0.461 e. The van der Waals surface area contributed by atoms with Gasteiger partial charge in [0.1, 0.15) is 5.69 Å². The van der Waals surface area contributed by atoms with E-state index in [0.29, 0.717) is 17.3 Å². The second-order valence-electron chi connectivity index (χ2n) is 3.23. The monoisotopic (exact) mass is 301 g/mol. The fourth-order valence-corrected chi connectivity index (χ4v) is 2.03. The van der Waals surface area contributed by atoms with Crippen molar-refractivity contribution < 1.29 is 9.53 Å². The van der Waals surface area contributed by atoms with Gasteiger partial charge in [0.2, 0.25) is 0 Å². The Morgan fingerprint density at radius 3 is 3.00 bits per heavy atom. The highest BCUT2D eigenvalue weighted by Gasteiger charge is 2.12. The van der Waals surface area contributed by atoms with Crippen LogP contribution in [0.15, 0.2) is 22.7 Å². The molecule has 0 atom stereocenters. The summed E-state index contributed by atoms with van der Waals surface area (Å²) in [5, 5.41) is 1.39. The molecule has 0 saturated heterocycles. The summed E-state index contributed by atoms with van der Waals surface area (Å²) in [5.41, 5.74) is 1.23. The first-order valence-corrected chi connectivity index (χ1v) is 5.94. The Balaban J connectivity index is 2.52. The maximum atomic E-state index is 11.5. The second kappa shape index (κ2) is 4.47. The summed E-state index contributed by atoms with van der Waals surface area (Å²) in [6.45, 7) is 2.12. The van der Waals surface area contributed by atoms with Gasteiger partial charge in [-0.2, -0.15) is 0 Å². The molecule has 0 bridgehead atoms. The van der Waals surface area contributed by atoms with Gasteiger partial charge in [0, 0.05) is 15.4 Å². The van der Waals surface area contributed by atoms with Crippen LogP contribution >= 0.6 is 27.5 Å². The molecule has 5 heteroatoms. The number of nitrogens with one attached hydrogen (secondary N) is 1. The summed E-state index contributed by atoms with van der Waals surface area (Å²) in [7, 11) is 0. The Morgan fingerprint density at radius 2 is 2.31 bits per heavy atom. The van der Waals surface area contributed by atoms with Gasteiger partial charge in [-0.3, -0.25) is 0 Å². The van der Waals surface area contributed by atoms with Gasteiger partial charge in [0.25, 0.3) is 0 Å². The molecule has 0 unspecified atom stereocenters. The number of carbonyl (C=O) groups is 1. The number of aromatic nitrogens is 1. The van der Waals surface area contributed by atoms with Crippen molar-refractivity contribution in [3.8, 4) is 0 Å². The number of carbonyl (C=O) groups excluding carboxylic acids is 1. The number of rotatable bonds is 2. The van der Waals surface area contributed by atoms with Crippen LogP contribution in [0.25, 0.3) is 10.9 Å². The van der Waals surface area contributed by atoms with Crippen LogP contribution < -0.4 is 0 Å². The van der Waals surface area contributed by atoms with Crippen LogP contribution in [-0.2, 0) is 4.74 Å². The highest BCUT2D eigenvalue weighted by atomic mass is 79.9. The molecule has 1 aromatic carbocycles. The van der Waals surface area contributed by atoms with Crippen LogP contribution in [0.5, 0.6) is 0 Å². The predicted octanol–water partition coefficient (Wildman–Crippen LogP) is 3.76. The molecule has 0 aliphatic heterocycles. The number of esters is 1. The average Bonchev–Trinajstić information content (AvgIpc) is 2.69. The Kier molecular flexibility index (Phi) is 3.21. The molecule has 1 heterocycles. The van der Waals surface area contributed by atoms with E-state index < -0.39 is 0 Å². The standard InChI is InChI=1S/C11H9BrClNO2/c1-2-16-11(15)9-5-6-8(14-9)4-3-7(12)10(6)13/h3-5,14H,2H2,1H3. The number of benzene rings is 1. The van der Waals surface area contributed by atoms with Crippen molar-refractivity contribution in [2.75, 3.05) is 6.61 Å². The molecule has 16 heavy (non-hydrogen) atoms. The fraction of sp³-hybridized carbons (Fsp3) is 0.182. The zero-order valence-corrected chi connectivity index (χ0v) is 10.9. The smallest absolute Gasteiger partial charge is 0.354 e. The summed E-state index contributed by atoms with van der Waals surface area (Å²) in [5.74, 6) is -0.370. The molecular weight excluding hydrogens is 293 g/mol. The Labute approximate surface area is 106 Å². The number of H-pyrrole nitrogens is 1. The van der Waals surface area contributed by atoms with Gasteiger partial charge in [-0.05, 0) is 41.1 Å². The molecule has 0 saturated carbocycles. The third-order valence-corrected chi connectivity index (χ3v) is 3.48. The third-order valence-electron chi connectivity index (χ3n) is 2.19. The van der Waals surface area contributed by atoms with Crippen LogP contribution in [0.3, 0.4) is 0 Å². The van der Waals surface area contributed by atoms with Crippen molar-refractivity contribution in [1.82, 2.24) is 4.98 Å². The van der Waals surface area contributed by atoms with E-state index >= 15 is 0 Å². The minimum atomic E-state index is -0.370. The van der Waals surface area contributed by atoms with E-state index in [4.69, 9.17) is 16.3 Å². The first-order chi connectivity index (χ1) is 7.63. The molecule has 0 amide bonds. The number of hydrogen-bond acceptors (Lipinski definition) is 2. The van der Waals surface area contributed by atoms with Crippen LogP contribution in [0.4, 0.5) is 0 Å². The first-order valence-electron chi connectivity index (χ1n) is 4.77. The summed E-state index contributed by atoms with van der Waals surface area (Å²) < 4.78 is 5.70. The molecule has 0 aliphatic rings. The highest BCUT2D eigenvalue weighted by Crippen LogP contribution is 2.31. The van der Waals surface area contributed by atoms with E-state index in [2.05, 4.69) is 20.9 Å². The second-order valence-corrected chi connectivity index (χ2v) is 4.46. The number of aromatic amines is 1. The van der Waals surface area contributed by atoms with Gasteiger partial charge < -0.3 is 9.72 Å². The van der Waals surface area contributed by atoms with Gasteiger partial charge in [0.15, 0.2) is 0 Å².